The Bertz CT molecular complexity index is 1180. The van der Waals surface area contributed by atoms with Crippen LogP contribution < -0.4 is 5.32 Å². The SMILES string of the molecule is C=CCn1c(SCC(=O)c2ccc(C#N)cc2)nnc1[C@H](C)NC(=O)c1ccccc1F. The van der Waals surface area contributed by atoms with Gasteiger partial charge in [-0.25, -0.2) is 4.39 Å². The summed E-state index contributed by atoms with van der Waals surface area (Å²) in [4.78, 5) is 24.9. The number of carbonyl (C=O) groups excluding carboxylic acids is 2. The van der Waals surface area contributed by atoms with E-state index >= 15 is 0 Å². The fourth-order valence-corrected chi connectivity index (χ4v) is 3.81. The molecule has 0 fully saturated rings. The number of amides is 1. The number of allylic oxidation sites excluding steroid dienone is 1. The molecule has 7 nitrogen and oxygen atoms in total. The smallest absolute Gasteiger partial charge is 0.254 e. The lowest BCUT2D eigenvalue weighted by molar-refractivity contribution is 0.0932. The molecule has 0 bridgehead atoms. The number of hydrogen-bond acceptors (Lipinski definition) is 6. The van der Waals surface area contributed by atoms with Gasteiger partial charge in [0.2, 0.25) is 0 Å². The zero-order chi connectivity index (χ0) is 23.1. The van der Waals surface area contributed by atoms with Crippen LogP contribution in [0, 0.1) is 17.1 Å². The van der Waals surface area contributed by atoms with E-state index in [0.29, 0.717) is 28.7 Å². The van der Waals surface area contributed by atoms with Crippen molar-refractivity contribution in [2.75, 3.05) is 5.75 Å². The molecule has 0 aliphatic heterocycles. The van der Waals surface area contributed by atoms with Crippen molar-refractivity contribution < 1.29 is 14.0 Å². The monoisotopic (exact) mass is 449 g/mol. The Morgan fingerprint density at radius 3 is 2.62 bits per heavy atom. The summed E-state index contributed by atoms with van der Waals surface area (Å²) in [6, 6.07) is 13.6. The van der Waals surface area contributed by atoms with Crippen LogP contribution in [0.15, 0.2) is 66.3 Å². The maximum absolute atomic E-state index is 13.9. The third-order valence-electron chi connectivity index (χ3n) is 4.58. The molecule has 1 aromatic heterocycles. The van der Waals surface area contributed by atoms with E-state index in [9.17, 15) is 14.0 Å². The fourth-order valence-electron chi connectivity index (χ4n) is 2.96. The van der Waals surface area contributed by atoms with Gasteiger partial charge in [-0.1, -0.05) is 42.1 Å². The maximum Gasteiger partial charge on any atom is 0.254 e. The summed E-state index contributed by atoms with van der Waals surface area (Å²) >= 11 is 1.21. The van der Waals surface area contributed by atoms with E-state index in [1.165, 1.54) is 30.0 Å². The molecule has 32 heavy (non-hydrogen) atoms. The van der Waals surface area contributed by atoms with Gasteiger partial charge in [0, 0.05) is 12.1 Å². The average molecular weight is 450 g/mol. The third-order valence-corrected chi connectivity index (χ3v) is 5.55. The molecule has 0 saturated carbocycles. The molecule has 0 aliphatic rings. The lowest BCUT2D eigenvalue weighted by Gasteiger charge is -2.15. The van der Waals surface area contributed by atoms with Crippen LogP contribution in [0.2, 0.25) is 0 Å². The highest BCUT2D eigenvalue weighted by atomic mass is 32.2. The van der Waals surface area contributed by atoms with Crippen LogP contribution in [0.5, 0.6) is 0 Å². The highest BCUT2D eigenvalue weighted by Crippen LogP contribution is 2.22. The Morgan fingerprint density at radius 2 is 1.97 bits per heavy atom. The number of benzene rings is 2. The van der Waals surface area contributed by atoms with Gasteiger partial charge in [-0.3, -0.25) is 9.59 Å². The number of aromatic nitrogens is 3. The molecule has 1 N–H and O–H groups in total. The van der Waals surface area contributed by atoms with Gasteiger partial charge in [-0.05, 0) is 31.2 Å². The van der Waals surface area contributed by atoms with Crippen LogP contribution in [0.4, 0.5) is 4.39 Å². The van der Waals surface area contributed by atoms with E-state index in [1.807, 2.05) is 6.07 Å². The Morgan fingerprint density at radius 1 is 1.25 bits per heavy atom. The van der Waals surface area contributed by atoms with Crippen LogP contribution in [-0.4, -0.2) is 32.2 Å². The number of nitrogens with one attached hydrogen (secondary N) is 1. The molecule has 0 unspecified atom stereocenters. The molecule has 1 atom stereocenters. The quantitative estimate of drug-likeness (QED) is 0.302. The first-order valence-electron chi connectivity index (χ1n) is 9.70. The molecule has 3 aromatic rings. The van der Waals surface area contributed by atoms with Crippen molar-refractivity contribution in [1.82, 2.24) is 20.1 Å². The minimum atomic E-state index is -0.609. The molecule has 2 aromatic carbocycles. The number of Topliss-reactive ketones (excluding diaryl/α,β-unsaturated/α-hetero) is 1. The second-order valence-electron chi connectivity index (χ2n) is 6.82. The molecule has 1 amide bonds. The number of thioether (sulfide) groups is 1. The summed E-state index contributed by atoms with van der Waals surface area (Å²) in [7, 11) is 0. The highest BCUT2D eigenvalue weighted by molar-refractivity contribution is 7.99. The number of hydrogen-bond donors (Lipinski definition) is 1. The number of rotatable bonds is 9. The summed E-state index contributed by atoms with van der Waals surface area (Å²) in [6.45, 7) is 5.83. The normalized spacial score (nSPS) is 11.4. The van der Waals surface area contributed by atoms with Crippen molar-refractivity contribution >= 4 is 23.5 Å². The molecule has 1 heterocycles. The van der Waals surface area contributed by atoms with E-state index in [1.54, 1.807) is 47.9 Å². The largest absolute Gasteiger partial charge is 0.342 e. The van der Waals surface area contributed by atoms with Crippen LogP contribution in [0.1, 0.15) is 45.1 Å². The zero-order valence-corrected chi connectivity index (χ0v) is 18.1. The first kappa shape index (κ1) is 22.9. The number of nitrogens with zero attached hydrogens (tertiary/aromatic N) is 4. The molecule has 0 saturated heterocycles. The van der Waals surface area contributed by atoms with Gasteiger partial charge in [0.15, 0.2) is 16.8 Å². The van der Waals surface area contributed by atoms with Crippen molar-refractivity contribution in [1.29, 1.82) is 5.26 Å². The summed E-state index contributed by atoms with van der Waals surface area (Å²) in [5.74, 6) is -0.703. The number of carbonyl (C=O) groups is 2. The molecule has 9 heteroatoms. The topological polar surface area (TPSA) is 101 Å². The highest BCUT2D eigenvalue weighted by Gasteiger charge is 2.21. The van der Waals surface area contributed by atoms with E-state index in [0.717, 1.165) is 0 Å². The summed E-state index contributed by atoms with van der Waals surface area (Å²) in [5, 5.41) is 20.4. The summed E-state index contributed by atoms with van der Waals surface area (Å²) in [5.41, 5.74) is 0.921. The van der Waals surface area contributed by atoms with Crippen molar-refractivity contribution in [3.05, 3.63) is 89.5 Å². The second-order valence-corrected chi connectivity index (χ2v) is 7.76. The van der Waals surface area contributed by atoms with E-state index in [-0.39, 0.29) is 17.1 Å². The minimum Gasteiger partial charge on any atom is -0.342 e. The lowest BCUT2D eigenvalue weighted by Crippen LogP contribution is -2.29. The van der Waals surface area contributed by atoms with Crippen molar-refractivity contribution in [3.63, 3.8) is 0 Å². The van der Waals surface area contributed by atoms with Gasteiger partial charge in [0.1, 0.15) is 5.82 Å². The van der Waals surface area contributed by atoms with Crippen LogP contribution in [-0.2, 0) is 6.54 Å². The first-order chi connectivity index (χ1) is 15.4. The lowest BCUT2D eigenvalue weighted by atomic mass is 10.1. The summed E-state index contributed by atoms with van der Waals surface area (Å²) in [6.07, 6.45) is 1.66. The Labute approximate surface area is 189 Å². The predicted molar refractivity (Wildman–Crippen MR) is 119 cm³/mol. The van der Waals surface area contributed by atoms with E-state index in [4.69, 9.17) is 5.26 Å². The van der Waals surface area contributed by atoms with E-state index < -0.39 is 17.8 Å². The third kappa shape index (κ3) is 5.28. The summed E-state index contributed by atoms with van der Waals surface area (Å²) < 4.78 is 15.6. The van der Waals surface area contributed by atoms with Gasteiger partial charge >= 0.3 is 0 Å². The van der Waals surface area contributed by atoms with Crippen LogP contribution >= 0.6 is 11.8 Å². The Kier molecular flexibility index (Phi) is 7.52. The Hall–Kier alpha value is -3.77. The number of ketones is 1. The molecule has 0 aliphatic carbocycles. The van der Waals surface area contributed by atoms with Gasteiger partial charge in [-0.15, -0.1) is 16.8 Å². The van der Waals surface area contributed by atoms with Crippen molar-refractivity contribution in [3.8, 4) is 6.07 Å². The molecule has 162 valence electrons. The molecular formula is C23H20FN5O2S. The minimum absolute atomic E-state index is 0.0586. The average Bonchev–Trinajstić information content (AvgIpc) is 3.20. The van der Waals surface area contributed by atoms with Crippen LogP contribution in [0.25, 0.3) is 0 Å². The molecule has 3 rings (SSSR count). The molecular weight excluding hydrogens is 429 g/mol. The number of halogens is 1. The van der Waals surface area contributed by atoms with Crippen molar-refractivity contribution in [2.45, 2.75) is 24.7 Å². The Balaban J connectivity index is 1.72. The van der Waals surface area contributed by atoms with Gasteiger partial charge in [0.05, 0.1) is 29.0 Å². The zero-order valence-electron chi connectivity index (χ0n) is 17.3. The number of nitriles is 1. The van der Waals surface area contributed by atoms with Gasteiger partial charge < -0.3 is 9.88 Å². The molecule has 0 radical (unpaired) electrons. The van der Waals surface area contributed by atoms with Gasteiger partial charge in [-0.2, -0.15) is 5.26 Å². The first-order valence-corrected chi connectivity index (χ1v) is 10.7. The molecule has 0 spiro atoms. The second kappa shape index (κ2) is 10.5. The fraction of sp³-hybridized carbons (Fsp3) is 0.174. The predicted octanol–water partition coefficient (Wildman–Crippen LogP) is 3.94. The van der Waals surface area contributed by atoms with Crippen molar-refractivity contribution in [2.24, 2.45) is 0 Å². The van der Waals surface area contributed by atoms with E-state index in [2.05, 4.69) is 22.1 Å². The van der Waals surface area contributed by atoms with Crippen LogP contribution in [0.3, 0.4) is 0 Å². The standard InChI is InChI=1S/C23H20FN5O2S/c1-3-12-29-21(15(2)26-22(31)18-6-4-5-7-19(18)24)27-28-23(29)32-14-20(30)17-10-8-16(13-25)9-11-17/h3-11,15H,1,12,14H2,2H3,(H,26,31)/t15-/m0/s1. The maximum atomic E-state index is 13.9. The van der Waals surface area contributed by atoms with Gasteiger partial charge in [0.25, 0.3) is 5.91 Å².